The minimum absolute atomic E-state index is 0.0911. The minimum Gasteiger partial charge on any atom is -0.374 e. The zero-order chi connectivity index (χ0) is 13.2. The quantitative estimate of drug-likeness (QED) is 0.890. The van der Waals surface area contributed by atoms with Crippen molar-refractivity contribution in [1.82, 2.24) is 15.5 Å². The molecule has 1 aliphatic rings. The summed E-state index contributed by atoms with van der Waals surface area (Å²) in [5.74, 6) is 1.89. The molecule has 1 saturated heterocycles. The predicted molar refractivity (Wildman–Crippen MR) is 68.3 cm³/mol. The van der Waals surface area contributed by atoms with Crippen molar-refractivity contribution < 1.29 is 9.26 Å². The van der Waals surface area contributed by atoms with E-state index in [1.807, 2.05) is 6.92 Å². The summed E-state index contributed by atoms with van der Waals surface area (Å²) in [5, 5.41) is 7.45. The van der Waals surface area contributed by atoms with Gasteiger partial charge in [0, 0.05) is 12.5 Å². The van der Waals surface area contributed by atoms with Crippen LogP contribution in [-0.4, -0.2) is 30.3 Å². The van der Waals surface area contributed by atoms with Crippen LogP contribution >= 0.6 is 0 Å². The maximum absolute atomic E-state index is 5.44. The maximum Gasteiger partial charge on any atom is 0.232 e. The Balaban J connectivity index is 2.15. The lowest BCUT2D eigenvalue weighted by molar-refractivity contribution is 0.109. The van der Waals surface area contributed by atoms with Gasteiger partial charge in [0.15, 0.2) is 5.82 Å². The van der Waals surface area contributed by atoms with E-state index in [0.717, 1.165) is 19.0 Å². The van der Waals surface area contributed by atoms with Gasteiger partial charge >= 0.3 is 0 Å². The number of hydrogen-bond acceptors (Lipinski definition) is 5. The standard InChI is InChI=1S/C13H23N3O2/c1-9(17-4)11-15-12(18-16-11)13(2,3)10-6-5-7-14-8-10/h9-10,14H,5-8H2,1-4H3. The average Bonchev–Trinajstić information content (AvgIpc) is 2.89. The van der Waals surface area contributed by atoms with Crippen molar-refractivity contribution in [1.29, 1.82) is 0 Å². The topological polar surface area (TPSA) is 60.2 Å². The molecule has 1 aromatic rings. The van der Waals surface area contributed by atoms with E-state index in [1.165, 1.54) is 12.8 Å². The van der Waals surface area contributed by atoms with Crippen LogP contribution in [0.25, 0.3) is 0 Å². The first-order chi connectivity index (χ1) is 8.55. The lowest BCUT2D eigenvalue weighted by Gasteiger charge is -2.34. The molecule has 18 heavy (non-hydrogen) atoms. The first kappa shape index (κ1) is 13.5. The molecule has 0 radical (unpaired) electrons. The van der Waals surface area contributed by atoms with Crippen LogP contribution in [0.5, 0.6) is 0 Å². The first-order valence-electron chi connectivity index (χ1n) is 6.63. The van der Waals surface area contributed by atoms with Gasteiger partial charge in [-0.25, -0.2) is 0 Å². The SMILES string of the molecule is COC(C)c1noc(C(C)(C)C2CCCNC2)n1. The Morgan fingerprint density at radius 3 is 2.89 bits per heavy atom. The smallest absolute Gasteiger partial charge is 0.232 e. The molecule has 0 aliphatic carbocycles. The van der Waals surface area contributed by atoms with Gasteiger partial charge in [0.1, 0.15) is 6.10 Å². The van der Waals surface area contributed by atoms with Crippen molar-refractivity contribution in [3.05, 3.63) is 11.7 Å². The van der Waals surface area contributed by atoms with E-state index < -0.39 is 0 Å². The van der Waals surface area contributed by atoms with Gasteiger partial charge in [-0.2, -0.15) is 4.98 Å². The average molecular weight is 253 g/mol. The highest BCUT2D eigenvalue weighted by atomic mass is 16.5. The molecule has 0 amide bonds. The Hall–Kier alpha value is -0.940. The fourth-order valence-corrected chi connectivity index (χ4v) is 2.41. The molecule has 2 heterocycles. The van der Waals surface area contributed by atoms with Gasteiger partial charge in [0.25, 0.3) is 0 Å². The maximum atomic E-state index is 5.44. The molecule has 2 unspecified atom stereocenters. The number of aromatic nitrogens is 2. The van der Waals surface area contributed by atoms with Crippen molar-refractivity contribution in [3.8, 4) is 0 Å². The highest BCUT2D eigenvalue weighted by Crippen LogP contribution is 2.34. The van der Waals surface area contributed by atoms with E-state index in [9.17, 15) is 0 Å². The van der Waals surface area contributed by atoms with Crippen LogP contribution in [0.4, 0.5) is 0 Å². The second-order valence-electron chi connectivity index (χ2n) is 5.60. The monoisotopic (exact) mass is 253 g/mol. The summed E-state index contributed by atoms with van der Waals surface area (Å²) in [6.07, 6.45) is 2.30. The highest BCUT2D eigenvalue weighted by Gasteiger charge is 2.37. The second-order valence-corrected chi connectivity index (χ2v) is 5.60. The van der Waals surface area contributed by atoms with Gasteiger partial charge in [0.05, 0.1) is 0 Å². The van der Waals surface area contributed by atoms with Gasteiger partial charge in [-0.05, 0) is 38.8 Å². The van der Waals surface area contributed by atoms with Crippen LogP contribution in [0.3, 0.4) is 0 Å². The number of nitrogens with one attached hydrogen (secondary N) is 1. The van der Waals surface area contributed by atoms with E-state index in [0.29, 0.717) is 11.7 Å². The van der Waals surface area contributed by atoms with Crippen LogP contribution in [0.15, 0.2) is 4.52 Å². The Labute approximate surface area is 108 Å². The van der Waals surface area contributed by atoms with Crippen molar-refractivity contribution in [2.45, 2.75) is 45.1 Å². The van der Waals surface area contributed by atoms with Gasteiger partial charge in [-0.1, -0.05) is 19.0 Å². The van der Waals surface area contributed by atoms with Crippen LogP contribution in [-0.2, 0) is 10.2 Å². The zero-order valence-electron chi connectivity index (χ0n) is 11.7. The van der Waals surface area contributed by atoms with Crippen molar-refractivity contribution >= 4 is 0 Å². The van der Waals surface area contributed by atoms with Crippen molar-refractivity contribution in [2.24, 2.45) is 5.92 Å². The summed E-state index contributed by atoms with van der Waals surface area (Å²) >= 11 is 0. The molecule has 2 rings (SSSR count). The Kier molecular flexibility index (Phi) is 4.02. The Morgan fingerprint density at radius 1 is 1.50 bits per heavy atom. The molecule has 1 aliphatic heterocycles. The molecule has 0 spiro atoms. The van der Waals surface area contributed by atoms with Crippen LogP contribution < -0.4 is 5.32 Å². The Bertz CT molecular complexity index is 383. The lowest BCUT2D eigenvalue weighted by atomic mass is 9.75. The second kappa shape index (κ2) is 5.36. The third-order valence-corrected chi connectivity index (χ3v) is 4.03. The molecule has 5 heteroatoms. The van der Waals surface area contributed by atoms with Crippen molar-refractivity contribution in [2.75, 3.05) is 20.2 Å². The molecular weight excluding hydrogens is 230 g/mol. The van der Waals surface area contributed by atoms with Crippen molar-refractivity contribution in [3.63, 3.8) is 0 Å². The Morgan fingerprint density at radius 2 is 2.28 bits per heavy atom. The van der Waals surface area contributed by atoms with E-state index in [4.69, 9.17) is 9.26 Å². The lowest BCUT2D eigenvalue weighted by Crippen LogP contribution is -2.41. The number of nitrogens with zero attached hydrogens (tertiary/aromatic N) is 2. The number of ether oxygens (including phenoxy) is 1. The van der Waals surface area contributed by atoms with E-state index >= 15 is 0 Å². The predicted octanol–water partition coefficient (Wildman–Crippen LogP) is 2.05. The number of rotatable bonds is 4. The molecule has 1 N–H and O–H groups in total. The van der Waals surface area contributed by atoms with Crippen LogP contribution in [0.2, 0.25) is 0 Å². The largest absolute Gasteiger partial charge is 0.374 e. The van der Waals surface area contributed by atoms with Gasteiger partial charge in [0.2, 0.25) is 5.89 Å². The van der Waals surface area contributed by atoms with Gasteiger partial charge < -0.3 is 14.6 Å². The third kappa shape index (κ3) is 2.57. The molecule has 5 nitrogen and oxygen atoms in total. The number of methoxy groups -OCH3 is 1. The van der Waals surface area contributed by atoms with E-state index in [2.05, 4.69) is 29.3 Å². The normalized spacial score (nSPS) is 23.0. The van der Waals surface area contributed by atoms with Gasteiger partial charge in [-0.15, -0.1) is 0 Å². The number of hydrogen-bond donors (Lipinski definition) is 1. The molecule has 2 atom stereocenters. The third-order valence-electron chi connectivity index (χ3n) is 4.03. The highest BCUT2D eigenvalue weighted by molar-refractivity contribution is 5.06. The number of piperidine rings is 1. The summed E-state index contributed by atoms with van der Waals surface area (Å²) in [6.45, 7) is 8.41. The van der Waals surface area contributed by atoms with Crippen LogP contribution in [0, 0.1) is 5.92 Å². The summed E-state index contributed by atoms with van der Waals surface area (Å²) in [6, 6.07) is 0. The minimum atomic E-state index is -0.122. The van der Waals surface area contributed by atoms with E-state index in [1.54, 1.807) is 7.11 Å². The molecule has 102 valence electrons. The summed E-state index contributed by atoms with van der Waals surface area (Å²) in [7, 11) is 1.65. The fourth-order valence-electron chi connectivity index (χ4n) is 2.41. The molecule has 0 saturated carbocycles. The fraction of sp³-hybridized carbons (Fsp3) is 0.846. The zero-order valence-corrected chi connectivity index (χ0v) is 11.7. The van der Waals surface area contributed by atoms with Gasteiger partial charge in [-0.3, -0.25) is 0 Å². The van der Waals surface area contributed by atoms with Crippen LogP contribution in [0.1, 0.15) is 51.4 Å². The molecule has 1 fully saturated rings. The summed E-state index contributed by atoms with van der Waals surface area (Å²) in [5.41, 5.74) is -0.0911. The summed E-state index contributed by atoms with van der Waals surface area (Å²) < 4.78 is 10.6. The molecule has 0 bridgehead atoms. The molecule has 1 aromatic heterocycles. The first-order valence-corrected chi connectivity index (χ1v) is 6.63. The molecular formula is C13H23N3O2. The summed E-state index contributed by atoms with van der Waals surface area (Å²) in [4.78, 5) is 4.50. The van der Waals surface area contributed by atoms with E-state index in [-0.39, 0.29) is 11.5 Å². The molecule has 0 aromatic carbocycles.